The fourth-order valence-corrected chi connectivity index (χ4v) is 3.08. The number of hydrogen-bond acceptors (Lipinski definition) is 6. The summed E-state index contributed by atoms with van der Waals surface area (Å²) in [4.78, 5) is 33.6. The summed E-state index contributed by atoms with van der Waals surface area (Å²) < 4.78 is 0. The SMILES string of the molecule is Cc1ccc(CN2CCN(Cc3cccc([N+](=O)[O-])c3)CC2)cc1.O=C(O)C(=O)O. The van der Waals surface area contributed by atoms with Crippen molar-refractivity contribution < 1.29 is 24.7 Å². The van der Waals surface area contributed by atoms with Crippen molar-refractivity contribution >= 4 is 17.6 Å². The van der Waals surface area contributed by atoms with Gasteiger partial charge in [-0.05, 0) is 18.1 Å². The lowest BCUT2D eigenvalue weighted by atomic mass is 10.1. The maximum absolute atomic E-state index is 10.9. The first-order chi connectivity index (χ1) is 14.2. The molecule has 0 spiro atoms. The first kappa shape index (κ1) is 23.0. The van der Waals surface area contributed by atoms with Crippen LogP contribution in [0.2, 0.25) is 0 Å². The number of carboxylic acids is 2. The molecule has 0 saturated carbocycles. The number of nitro benzene ring substituents is 1. The summed E-state index contributed by atoms with van der Waals surface area (Å²) in [6.45, 7) is 7.93. The number of rotatable bonds is 5. The average molecular weight is 415 g/mol. The first-order valence-electron chi connectivity index (χ1n) is 9.44. The molecule has 30 heavy (non-hydrogen) atoms. The van der Waals surface area contributed by atoms with Gasteiger partial charge >= 0.3 is 11.9 Å². The van der Waals surface area contributed by atoms with Gasteiger partial charge in [0.2, 0.25) is 0 Å². The fourth-order valence-electron chi connectivity index (χ4n) is 3.08. The van der Waals surface area contributed by atoms with Crippen molar-refractivity contribution in [1.29, 1.82) is 0 Å². The topological polar surface area (TPSA) is 124 Å². The number of aryl methyl sites for hydroxylation is 1. The molecule has 2 N–H and O–H groups in total. The van der Waals surface area contributed by atoms with Crippen molar-refractivity contribution in [2.45, 2.75) is 20.0 Å². The highest BCUT2D eigenvalue weighted by atomic mass is 16.6. The van der Waals surface area contributed by atoms with E-state index in [4.69, 9.17) is 19.8 Å². The van der Waals surface area contributed by atoms with Gasteiger partial charge in [0.1, 0.15) is 0 Å². The van der Waals surface area contributed by atoms with Crippen molar-refractivity contribution in [2.24, 2.45) is 0 Å². The molecule has 0 radical (unpaired) electrons. The molecule has 1 saturated heterocycles. The second kappa shape index (κ2) is 11.0. The molecule has 2 aromatic rings. The molecule has 1 heterocycles. The molecule has 0 unspecified atom stereocenters. The maximum Gasteiger partial charge on any atom is 0.414 e. The lowest BCUT2D eigenvalue weighted by Gasteiger charge is -2.34. The molecule has 1 fully saturated rings. The Kier molecular flexibility index (Phi) is 8.45. The molecule has 3 rings (SSSR count). The number of nitro groups is 1. The molecule has 0 bridgehead atoms. The van der Waals surface area contributed by atoms with Gasteiger partial charge in [0.25, 0.3) is 5.69 Å². The Morgan fingerprint density at radius 1 is 0.900 bits per heavy atom. The van der Waals surface area contributed by atoms with Crippen LogP contribution in [0.3, 0.4) is 0 Å². The van der Waals surface area contributed by atoms with Gasteiger partial charge in [-0.1, -0.05) is 42.0 Å². The highest BCUT2D eigenvalue weighted by molar-refractivity contribution is 6.27. The second-order valence-corrected chi connectivity index (χ2v) is 7.08. The van der Waals surface area contributed by atoms with Gasteiger partial charge in [-0.3, -0.25) is 19.9 Å². The van der Waals surface area contributed by atoms with Gasteiger partial charge < -0.3 is 10.2 Å². The van der Waals surface area contributed by atoms with E-state index in [0.29, 0.717) is 0 Å². The zero-order valence-electron chi connectivity index (χ0n) is 16.7. The Morgan fingerprint density at radius 3 is 1.87 bits per heavy atom. The van der Waals surface area contributed by atoms with E-state index in [1.165, 1.54) is 11.1 Å². The molecule has 9 nitrogen and oxygen atoms in total. The third kappa shape index (κ3) is 7.61. The predicted octanol–water partition coefficient (Wildman–Crippen LogP) is 2.38. The van der Waals surface area contributed by atoms with Crippen LogP contribution in [-0.2, 0) is 22.7 Å². The Hall–Kier alpha value is -3.30. The van der Waals surface area contributed by atoms with E-state index in [0.717, 1.165) is 44.8 Å². The van der Waals surface area contributed by atoms with Crippen LogP contribution in [0, 0.1) is 17.0 Å². The van der Waals surface area contributed by atoms with Crippen LogP contribution in [0.25, 0.3) is 0 Å². The molecule has 2 aromatic carbocycles. The van der Waals surface area contributed by atoms with Gasteiger partial charge in [0.05, 0.1) is 4.92 Å². The maximum atomic E-state index is 10.9. The molecular weight excluding hydrogens is 390 g/mol. The van der Waals surface area contributed by atoms with E-state index < -0.39 is 11.9 Å². The number of nitrogens with zero attached hydrogens (tertiary/aromatic N) is 3. The normalized spacial score (nSPS) is 14.4. The van der Waals surface area contributed by atoms with E-state index in [9.17, 15) is 10.1 Å². The van der Waals surface area contributed by atoms with Gasteiger partial charge in [-0.25, -0.2) is 9.59 Å². The fraction of sp³-hybridized carbons (Fsp3) is 0.333. The lowest BCUT2D eigenvalue weighted by Crippen LogP contribution is -2.45. The van der Waals surface area contributed by atoms with E-state index in [1.807, 2.05) is 6.07 Å². The predicted molar refractivity (Wildman–Crippen MR) is 110 cm³/mol. The Bertz CT molecular complexity index is 865. The summed E-state index contributed by atoms with van der Waals surface area (Å²) in [6.07, 6.45) is 0. The standard InChI is InChI=1S/C19H23N3O2.C2H2O4/c1-16-5-7-17(8-6-16)14-20-9-11-21(12-10-20)15-18-3-2-4-19(13-18)22(23)24;3-1(4)2(5)6/h2-8,13H,9-12,14-15H2,1H3;(H,3,4)(H,5,6). The van der Waals surface area contributed by atoms with Crippen LogP contribution in [0.1, 0.15) is 16.7 Å². The van der Waals surface area contributed by atoms with Gasteiger partial charge in [0, 0.05) is 51.4 Å². The Morgan fingerprint density at radius 2 is 1.40 bits per heavy atom. The van der Waals surface area contributed by atoms with E-state index in [-0.39, 0.29) is 10.6 Å². The van der Waals surface area contributed by atoms with Crippen LogP contribution >= 0.6 is 0 Å². The summed E-state index contributed by atoms with van der Waals surface area (Å²) in [5.74, 6) is -3.65. The Balaban J connectivity index is 0.000000469. The van der Waals surface area contributed by atoms with Crippen molar-refractivity contribution in [2.75, 3.05) is 26.2 Å². The molecule has 160 valence electrons. The zero-order chi connectivity index (χ0) is 22.1. The molecule has 0 aliphatic carbocycles. The van der Waals surface area contributed by atoms with Crippen molar-refractivity contribution in [1.82, 2.24) is 9.80 Å². The lowest BCUT2D eigenvalue weighted by molar-refractivity contribution is -0.384. The van der Waals surface area contributed by atoms with Crippen molar-refractivity contribution in [3.05, 3.63) is 75.3 Å². The molecule has 0 amide bonds. The molecule has 0 aromatic heterocycles. The minimum atomic E-state index is -1.82. The number of carboxylic acid groups (broad SMARTS) is 2. The summed E-state index contributed by atoms with van der Waals surface area (Å²) in [6, 6.07) is 15.7. The second-order valence-electron chi connectivity index (χ2n) is 7.08. The average Bonchev–Trinajstić information content (AvgIpc) is 2.72. The highest BCUT2D eigenvalue weighted by Gasteiger charge is 2.17. The number of benzene rings is 2. The smallest absolute Gasteiger partial charge is 0.414 e. The van der Waals surface area contributed by atoms with E-state index >= 15 is 0 Å². The van der Waals surface area contributed by atoms with Gasteiger partial charge in [-0.15, -0.1) is 0 Å². The quantitative estimate of drug-likeness (QED) is 0.433. The monoisotopic (exact) mass is 415 g/mol. The third-order valence-electron chi connectivity index (χ3n) is 4.70. The van der Waals surface area contributed by atoms with Gasteiger partial charge in [-0.2, -0.15) is 0 Å². The summed E-state index contributed by atoms with van der Waals surface area (Å²) in [7, 11) is 0. The molecule has 1 aliphatic heterocycles. The molecule has 1 aliphatic rings. The van der Waals surface area contributed by atoms with Crippen LogP contribution < -0.4 is 0 Å². The summed E-state index contributed by atoms with van der Waals surface area (Å²) in [5.41, 5.74) is 3.83. The van der Waals surface area contributed by atoms with E-state index in [1.54, 1.807) is 18.2 Å². The third-order valence-corrected chi connectivity index (χ3v) is 4.70. The number of non-ortho nitro benzene ring substituents is 1. The molecular formula is C21H25N3O6. The largest absolute Gasteiger partial charge is 0.473 e. The minimum absolute atomic E-state index is 0.172. The van der Waals surface area contributed by atoms with Crippen LogP contribution in [-0.4, -0.2) is 63.1 Å². The number of carbonyl (C=O) groups is 2. The van der Waals surface area contributed by atoms with E-state index in [2.05, 4.69) is 41.0 Å². The van der Waals surface area contributed by atoms with Crippen molar-refractivity contribution in [3.63, 3.8) is 0 Å². The number of hydrogen-bond donors (Lipinski definition) is 2. The summed E-state index contributed by atoms with van der Waals surface area (Å²) in [5, 5.41) is 25.7. The number of piperazine rings is 1. The Labute approximate surface area is 174 Å². The summed E-state index contributed by atoms with van der Waals surface area (Å²) >= 11 is 0. The zero-order valence-corrected chi connectivity index (χ0v) is 16.7. The molecule has 0 atom stereocenters. The van der Waals surface area contributed by atoms with Gasteiger partial charge in [0.15, 0.2) is 0 Å². The molecule has 9 heteroatoms. The number of aliphatic carboxylic acids is 2. The highest BCUT2D eigenvalue weighted by Crippen LogP contribution is 2.16. The van der Waals surface area contributed by atoms with Crippen LogP contribution in [0.4, 0.5) is 5.69 Å². The minimum Gasteiger partial charge on any atom is -0.473 e. The van der Waals surface area contributed by atoms with Crippen LogP contribution in [0.15, 0.2) is 48.5 Å². The first-order valence-corrected chi connectivity index (χ1v) is 9.44. The van der Waals surface area contributed by atoms with Crippen molar-refractivity contribution in [3.8, 4) is 0 Å². The van der Waals surface area contributed by atoms with Crippen LogP contribution in [0.5, 0.6) is 0 Å².